The molecule has 3 aliphatic rings. The normalized spacial score (nSPS) is 28.4. The van der Waals surface area contributed by atoms with Gasteiger partial charge in [0.2, 0.25) is 11.8 Å². The van der Waals surface area contributed by atoms with Crippen molar-refractivity contribution in [1.82, 2.24) is 20.2 Å². The van der Waals surface area contributed by atoms with Crippen LogP contribution in [0.1, 0.15) is 81.0 Å². The van der Waals surface area contributed by atoms with Crippen LogP contribution < -0.4 is 10.2 Å². The Morgan fingerprint density at radius 1 is 1.15 bits per heavy atom. The minimum atomic E-state index is -0.349. The number of ether oxygens (including phenoxy) is 1. The van der Waals surface area contributed by atoms with Crippen LogP contribution in [0.5, 0.6) is 0 Å². The van der Waals surface area contributed by atoms with E-state index >= 15 is 0 Å². The Hall–Kier alpha value is -2.75. The number of methoxy groups -OCH3 is 1. The minimum Gasteiger partial charge on any atom is -0.465 e. The molecular formula is C30H43N5O4S. The van der Waals surface area contributed by atoms with Crippen molar-refractivity contribution in [3.05, 3.63) is 16.8 Å². The summed E-state index contributed by atoms with van der Waals surface area (Å²) in [4.78, 5) is 54.0. The number of hydrogen-bond donors (Lipinski definition) is 1. The highest BCUT2D eigenvalue weighted by Crippen LogP contribution is 2.41. The van der Waals surface area contributed by atoms with E-state index in [2.05, 4.69) is 40.9 Å². The van der Waals surface area contributed by atoms with Gasteiger partial charge in [0.25, 0.3) is 0 Å². The van der Waals surface area contributed by atoms with E-state index in [1.165, 1.54) is 18.4 Å². The quantitative estimate of drug-likeness (QED) is 0.540. The Kier molecular flexibility index (Phi) is 8.63. The number of thiophene rings is 1. The predicted octanol–water partition coefficient (Wildman–Crippen LogP) is 4.57. The Morgan fingerprint density at radius 3 is 2.70 bits per heavy atom. The van der Waals surface area contributed by atoms with E-state index < -0.39 is 0 Å². The molecule has 1 N–H and O–H groups in total. The van der Waals surface area contributed by atoms with Crippen LogP contribution in [0, 0.1) is 30.6 Å². The lowest BCUT2D eigenvalue weighted by Crippen LogP contribution is -2.59. The number of carbonyl (C=O) groups is 3. The summed E-state index contributed by atoms with van der Waals surface area (Å²) in [5, 5.41) is 4.19. The van der Waals surface area contributed by atoms with Gasteiger partial charge in [-0.1, -0.05) is 20.8 Å². The van der Waals surface area contributed by atoms with Gasteiger partial charge in [-0.05, 0) is 68.3 Å². The molecule has 2 amide bonds. The van der Waals surface area contributed by atoms with Crippen molar-refractivity contribution in [2.75, 3.05) is 31.6 Å². The first kappa shape index (κ1) is 28.8. The van der Waals surface area contributed by atoms with Crippen molar-refractivity contribution in [2.24, 2.45) is 23.7 Å². The summed E-state index contributed by atoms with van der Waals surface area (Å²) in [5.41, 5.74) is 0.858. The zero-order chi connectivity index (χ0) is 28.6. The number of nitrogens with zero attached hydrogens (tertiary/aromatic N) is 4. The highest BCUT2D eigenvalue weighted by atomic mass is 32.1. The number of esters is 1. The summed E-state index contributed by atoms with van der Waals surface area (Å²) in [5.74, 6) is 2.21. The molecule has 0 unspecified atom stereocenters. The number of anilines is 1. The molecule has 0 saturated carbocycles. The topological polar surface area (TPSA) is 105 Å². The standard InChI is InChI=1S/C30H43N5O4S/c1-17(2)22-10-9-18(3)11-25(37)35-14-20-12-21(23(35)7-6-8-24(36)33-22)15-34(13-20)28-26-19(4)27(30(38)39-5)40-29(26)32-16-31-28/h16-18,20-23H,6-15H2,1-5H3,(H,33,36)/t18-,20+,21-,22+,23+/m1/s1. The Balaban J connectivity index is 1.40. The molecule has 5 atom stereocenters. The SMILES string of the molecule is COC(=O)c1sc2ncnc(N3C[C@@H]4C[C@H](C3)[C@@H]3CCCC(=O)N[C@H](C(C)C)CC[C@@H](C)CC(=O)N3C4)c2c1C. The van der Waals surface area contributed by atoms with Gasteiger partial charge in [-0.25, -0.2) is 14.8 Å². The molecule has 9 nitrogen and oxygen atoms in total. The van der Waals surface area contributed by atoms with Crippen LogP contribution in [0.15, 0.2) is 6.33 Å². The van der Waals surface area contributed by atoms with Crippen LogP contribution in [-0.2, 0) is 14.3 Å². The molecule has 218 valence electrons. The van der Waals surface area contributed by atoms with E-state index in [9.17, 15) is 14.4 Å². The van der Waals surface area contributed by atoms with E-state index in [4.69, 9.17) is 9.72 Å². The fourth-order valence-electron chi connectivity index (χ4n) is 7.06. The predicted molar refractivity (Wildman–Crippen MR) is 156 cm³/mol. The second kappa shape index (κ2) is 12.0. The summed E-state index contributed by atoms with van der Waals surface area (Å²) in [7, 11) is 1.40. The third kappa shape index (κ3) is 5.83. The zero-order valence-electron chi connectivity index (χ0n) is 24.4. The fraction of sp³-hybridized carbons (Fsp3) is 0.700. The van der Waals surface area contributed by atoms with Gasteiger partial charge < -0.3 is 19.9 Å². The van der Waals surface area contributed by atoms with Gasteiger partial charge in [0, 0.05) is 44.6 Å². The average molecular weight is 570 g/mol. The van der Waals surface area contributed by atoms with E-state index in [0.717, 1.165) is 73.3 Å². The Bertz CT molecular complexity index is 1260. The summed E-state index contributed by atoms with van der Waals surface area (Å²) in [6, 6.07) is 0.269. The van der Waals surface area contributed by atoms with Gasteiger partial charge in [0.1, 0.15) is 21.9 Å². The molecule has 0 radical (unpaired) electrons. The molecule has 5 rings (SSSR count). The van der Waals surface area contributed by atoms with Crippen molar-refractivity contribution in [2.45, 2.75) is 84.7 Å². The first-order valence-electron chi connectivity index (χ1n) is 14.8. The third-order valence-electron chi connectivity index (χ3n) is 9.21. The first-order chi connectivity index (χ1) is 19.2. The third-order valence-corrected chi connectivity index (χ3v) is 10.4. The minimum absolute atomic E-state index is 0.111. The maximum Gasteiger partial charge on any atom is 0.348 e. The number of aryl methyl sites for hydroxylation is 1. The summed E-state index contributed by atoms with van der Waals surface area (Å²) in [6.07, 6.45) is 7.16. The molecule has 3 fully saturated rings. The van der Waals surface area contributed by atoms with Crippen LogP contribution in [-0.4, -0.2) is 71.5 Å². The molecule has 2 aromatic heterocycles. The molecule has 5 heterocycles. The zero-order valence-corrected chi connectivity index (χ0v) is 25.3. The van der Waals surface area contributed by atoms with E-state index in [1.54, 1.807) is 6.33 Å². The fourth-order valence-corrected chi connectivity index (χ4v) is 8.12. The number of amides is 2. The molecule has 0 aliphatic carbocycles. The van der Waals surface area contributed by atoms with E-state index in [-0.39, 0.29) is 35.8 Å². The lowest BCUT2D eigenvalue weighted by molar-refractivity contribution is -0.139. The monoisotopic (exact) mass is 569 g/mol. The number of piperidine rings is 2. The lowest BCUT2D eigenvalue weighted by Gasteiger charge is -2.51. The lowest BCUT2D eigenvalue weighted by atomic mass is 9.77. The summed E-state index contributed by atoms with van der Waals surface area (Å²) in [6.45, 7) is 10.8. The smallest absolute Gasteiger partial charge is 0.348 e. The summed E-state index contributed by atoms with van der Waals surface area (Å²) < 4.78 is 5.00. The highest BCUT2D eigenvalue weighted by Gasteiger charge is 2.43. The second-order valence-electron chi connectivity index (χ2n) is 12.5. The van der Waals surface area contributed by atoms with Gasteiger partial charge in [0.05, 0.1) is 12.5 Å². The largest absolute Gasteiger partial charge is 0.465 e. The number of hydrogen-bond acceptors (Lipinski definition) is 8. The first-order valence-corrected chi connectivity index (χ1v) is 15.6. The van der Waals surface area contributed by atoms with Crippen molar-refractivity contribution >= 4 is 45.2 Å². The van der Waals surface area contributed by atoms with Crippen LogP contribution in [0.25, 0.3) is 10.2 Å². The molecule has 40 heavy (non-hydrogen) atoms. The van der Waals surface area contributed by atoms with Crippen LogP contribution in [0.4, 0.5) is 5.82 Å². The Labute approximate surface area is 241 Å². The molecule has 0 aromatic carbocycles. The summed E-state index contributed by atoms with van der Waals surface area (Å²) >= 11 is 1.35. The van der Waals surface area contributed by atoms with Crippen molar-refractivity contribution < 1.29 is 19.1 Å². The number of aromatic nitrogens is 2. The molecule has 0 spiro atoms. The average Bonchev–Trinajstić information content (AvgIpc) is 3.27. The molecule has 3 saturated heterocycles. The molecule has 10 heteroatoms. The number of rotatable bonds is 3. The molecule has 2 aromatic rings. The maximum absolute atomic E-state index is 13.7. The van der Waals surface area contributed by atoms with E-state index in [0.29, 0.717) is 35.5 Å². The highest BCUT2D eigenvalue weighted by molar-refractivity contribution is 7.20. The van der Waals surface area contributed by atoms with Gasteiger partial charge >= 0.3 is 5.97 Å². The van der Waals surface area contributed by atoms with Crippen LogP contribution in [0.2, 0.25) is 0 Å². The van der Waals surface area contributed by atoms with E-state index in [1.807, 2.05) is 6.92 Å². The number of nitrogens with one attached hydrogen (secondary N) is 1. The Morgan fingerprint density at radius 2 is 1.95 bits per heavy atom. The van der Waals surface area contributed by atoms with Crippen LogP contribution in [0.3, 0.4) is 0 Å². The van der Waals surface area contributed by atoms with Gasteiger partial charge in [-0.15, -0.1) is 11.3 Å². The van der Waals surface area contributed by atoms with Gasteiger partial charge in [0.15, 0.2) is 0 Å². The number of fused-ring (bicyclic) bond motifs is 5. The van der Waals surface area contributed by atoms with Gasteiger partial charge in [-0.3, -0.25) is 9.59 Å². The number of carbonyl (C=O) groups excluding carboxylic acids is 3. The molecular weight excluding hydrogens is 526 g/mol. The van der Waals surface area contributed by atoms with Crippen molar-refractivity contribution in [3.8, 4) is 0 Å². The second-order valence-corrected chi connectivity index (χ2v) is 13.5. The van der Waals surface area contributed by atoms with Crippen LogP contribution >= 0.6 is 11.3 Å². The van der Waals surface area contributed by atoms with Crippen molar-refractivity contribution in [1.29, 1.82) is 0 Å². The molecule has 3 aliphatic heterocycles. The van der Waals surface area contributed by atoms with Crippen molar-refractivity contribution in [3.63, 3.8) is 0 Å². The van der Waals surface area contributed by atoms with Gasteiger partial charge in [-0.2, -0.15) is 0 Å². The maximum atomic E-state index is 13.7. The molecule has 2 bridgehead atoms.